The van der Waals surface area contributed by atoms with Crippen molar-refractivity contribution in [1.82, 2.24) is 0 Å². The van der Waals surface area contributed by atoms with Crippen LogP contribution in [0.15, 0.2) is 0 Å². The van der Waals surface area contributed by atoms with Crippen molar-refractivity contribution in [1.29, 1.82) is 0 Å². The van der Waals surface area contributed by atoms with Crippen molar-refractivity contribution >= 4 is 15.4 Å². The van der Waals surface area contributed by atoms with Gasteiger partial charge in [-0.15, -0.1) is 0 Å². The van der Waals surface area contributed by atoms with Crippen molar-refractivity contribution in [2.24, 2.45) is 35.5 Å². The molecule has 6 atom stereocenters. The third kappa shape index (κ3) is 4.31. The molecule has 2 fully saturated rings. The summed E-state index contributed by atoms with van der Waals surface area (Å²) in [6.07, 6.45) is 8.51. The summed E-state index contributed by atoms with van der Waals surface area (Å²) in [6.45, 7) is 14.6. The summed E-state index contributed by atoms with van der Waals surface area (Å²) < 4.78 is 0. The van der Waals surface area contributed by atoms with E-state index in [2.05, 4.69) is 41.5 Å². The highest BCUT2D eigenvalue weighted by atomic mass is 31.1. The summed E-state index contributed by atoms with van der Waals surface area (Å²) in [4.78, 5) is 0. The van der Waals surface area contributed by atoms with Crippen molar-refractivity contribution in [3.05, 3.63) is 0 Å². The van der Waals surface area contributed by atoms with Crippen LogP contribution in [0.5, 0.6) is 0 Å². The molecular formula is C20H38BP. The third-order valence-corrected chi connectivity index (χ3v) is 9.46. The van der Waals surface area contributed by atoms with E-state index >= 15 is 0 Å². The van der Waals surface area contributed by atoms with Gasteiger partial charge < -0.3 is 0 Å². The Bertz CT molecular complexity index is 309. The Balaban J connectivity index is 2.16. The highest BCUT2D eigenvalue weighted by molar-refractivity contribution is 7.83. The highest BCUT2D eigenvalue weighted by Gasteiger charge is 2.40. The van der Waals surface area contributed by atoms with Gasteiger partial charge in [0, 0.05) is 0 Å². The first-order valence-corrected chi connectivity index (χ1v) is 11.4. The van der Waals surface area contributed by atoms with E-state index in [1.54, 1.807) is 0 Å². The largest absolute Gasteiger partial charge is 0.150 e. The van der Waals surface area contributed by atoms with Gasteiger partial charge in [0.25, 0.3) is 0 Å². The summed E-state index contributed by atoms with van der Waals surface area (Å²) >= 11 is 0. The lowest BCUT2D eigenvalue weighted by molar-refractivity contribution is 0.225. The smallest absolute Gasteiger partial charge is 0.109 e. The molecule has 2 aliphatic rings. The predicted octanol–water partition coefficient (Wildman–Crippen LogP) is 6.47. The molecule has 0 heterocycles. The molecule has 2 rings (SSSR count). The zero-order valence-corrected chi connectivity index (χ0v) is 16.8. The van der Waals surface area contributed by atoms with Crippen LogP contribution in [0.2, 0.25) is 0 Å². The van der Waals surface area contributed by atoms with Gasteiger partial charge in [0.15, 0.2) is 0 Å². The lowest BCUT2D eigenvalue weighted by Crippen LogP contribution is -2.38. The van der Waals surface area contributed by atoms with Crippen molar-refractivity contribution in [2.45, 2.75) is 91.4 Å². The van der Waals surface area contributed by atoms with E-state index in [1.165, 1.54) is 38.5 Å². The summed E-state index contributed by atoms with van der Waals surface area (Å²) in [7, 11) is 6.76. The minimum absolute atomic E-state index is 0.314. The summed E-state index contributed by atoms with van der Waals surface area (Å²) in [5.74, 6) is 5.18. The van der Waals surface area contributed by atoms with Gasteiger partial charge in [-0.3, -0.25) is 0 Å². The van der Waals surface area contributed by atoms with Gasteiger partial charge in [0.2, 0.25) is 0 Å². The van der Waals surface area contributed by atoms with Crippen molar-refractivity contribution < 1.29 is 0 Å². The van der Waals surface area contributed by atoms with E-state index in [9.17, 15) is 0 Å². The molecule has 0 aromatic rings. The normalized spacial score (nSPS) is 41.8. The van der Waals surface area contributed by atoms with Gasteiger partial charge >= 0.3 is 0 Å². The van der Waals surface area contributed by atoms with Crippen molar-refractivity contribution in [3.8, 4) is 0 Å². The minimum Gasteiger partial charge on any atom is -0.150 e. The second-order valence-electron chi connectivity index (χ2n) is 9.23. The molecule has 0 nitrogen and oxygen atoms in total. The molecule has 0 spiro atoms. The zero-order valence-electron chi connectivity index (χ0n) is 15.9. The molecule has 126 valence electrons. The topological polar surface area (TPSA) is 0 Å². The third-order valence-electron chi connectivity index (χ3n) is 6.74. The van der Waals surface area contributed by atoms with Crippen LogP contribution in [0.1, 0.15) is 80.1 Å². The number of hydrogen-bond acceptors (Lipinski definition) is 0. The standard InChI is InChI=1S/C20H38BP/c1-13(2)17-9-7-15(5)11-19(17)22(21)20-12-16(6)8-10-18(20)14(3)4/h13-20H,7-12H2,1-6H3. The predicted molar refractivity (Wildman–Crippen MR) is 103 cm³/mol. The lowest BCUT2D eigenvalue weighted by atomic mass is 9.76. The first-order valence-electron chi connectivity index (χ1n) is 9.84. The van der Waals surface area contributed by atoms with Gasteiger partial charge in [-0.1, -0.05) is 54.4 Å². The van der Waals surface area contributed by atoms with Crippen molar-refractivity contribution in [2.75, 3.05) is 0 Å². The van der Waals surface area contributed by atoms with Gasteiger partial charge in [-0.2, -0.15) is 7.80 Å². The second kappa shape index (κ2) is 8.05. The Morgan fingerprint density at radius 3 is 1.41 bits per heavy atom. The summed E-state index contributed by atoms with van der Waals surface area (Å²) in [5.41, 5.74) is 1.66. The molecule has 22 heavy (non-hydrogen) atoms. The molecule has 0 N–H and O–H groups in total. The van der Waals surface area contributed by atoms with Crippen LogP contribution in [-0.2, 0) is 0 Å². The molecule has 0 bridgehead atoms. The summed E-state index contributed by atoms with van der Waals surface area (Å²) in [6, 6.07) is 0. The Morgan fingerprint density at radius 1 is 0.727 bits per heavy atom. The van der Waals surface area contributed by atoms with Gasteiger partial charge in [0.05, 0.1) is 0 Å². The zero-order chi connectivity index (χ0) is 16.4. The molecule has 2 saturated carbocycles. The van der Waals surface area contributed by atoms with E-state index in [-0.39, 0.29) is 7.80 Å². The van der Waals surface area contributed by atoms with E-state index in [0.29, 0.717) is 0 Å². The maximum atomic E-state index is 7.07. The van der Waals surface area contributed by atoms with Crippen LogP contribution in [0, 0.1) is 35.5 Å². The van der Waals surface area contributed by atoms with Gasteiger partial charge in [0.1, 0.15) is 7.57 Å². The first-order chi connectivity index (χ1) is 10.3. The fourth-order valence-electron chi connectivity index (χ4n) is 5.24. The molecule has 0 aliphatic heterocycles. The molecule has 0 aromatic carbocycles. The average Bonchev–Trinajstić information content (AvgIpc) is 2.45. The molecule has 6 unspecified atom stereocenters. The van der Waals surface area contributed by atoms with Crippen LogP contribution < -0.4 is 0 Å². The van der Waals surface area contributed by atoms with Gasteiger partial charge in [-0.05, 0) is 72.5 Å². The molecule has 2 aliphatic carbocycles. The monoisotopic (exact) mass is 320 g/mol. The molecule has 2 radical (unpaired) electrons. The minimum atomic E-state index is -0.314. The molecule has 0 amide bonds. The Kier molecular flexibility index (Phi) is 6.89. The fourth-order valence-corrected chi connectivity index (χ4v) is 8.80. The Morgan fingerprint density at radius 2 is 1.09 bits per heavy atom. The van der Waals surface area contributed by atoms with Crippen LogP contribution in [0.4, 0.5) is 0 Å². The second-order valence-corrected chi connectivity index (χ2v) is 11.5. The number of rotatable bonds is 4. The summed E-state index contributed by atoms with van der Waals surface area (Å²) in [5, 5.41) is 0. The van der Waals surface area contributed by atoms with Crippen LogP contribution in [-0.4, -0.2) is 18.9 Å². The van der Waals surface area contributed by atoms with E-state index in [0.717, 1.165) is 46.8 Å². The number of hydrogen-bond donors (Lipinski definition) is 0. The van der Waals surface area contributed by atoms with Crippen LogP contribution in [0.3, 0.4) is 0 Å². The lowest BCUT2D eigenvalue weighted by Gasteiger charge is -2.49. The van der Waals surface area contributed by atoms with Crippen LogP contribution >= 0.6 is 7.80 Å². The molecule has 2 heteroatoms. The van der Waals surface area contributed by atoms with Crippen molar-refractivity contribution in [3.63, 3.8) is 0 Å². The fraction of sp³-hybridized carbons (Fsp3) is 1.00. The quantitative estimate of drug-likeness (QED) is 0.411. The molecule has 0 aromatic heterocycles. The highest BCUT2D eigenvalue weighted by Crippen LogP contribution is 2.58. The van der Waals surface area contributed by atoms with E-state index in [4.69, 9.17) is 7.57 Å². The maximum absolute atomic E-state index is 7.07. The van der Waals surface area contributed by atoms with E-state index < -0.39 is 0 Å². The molecular weight excluding hydrogens is 282 g/mol. The van der Waals surface area contributed by atoms with Gasteiger partial charge in [-0.25, -0.2) is 0 Å². The first kappa shape index (κ1) is 18.8. The Hall–Kier alpha value is 0.495. The Labute approximate surface area is 142 Å². The average molecular weight is 320 g/mol. The van der Waals surface area contributed by atoms with E-state index in [1.807, 2.05) is 0 Å². The molecule has 0 saturated heterocycles. The SMILES string of the molecule is [B]P(C1CC(C)CCC1C(C)C)C1CC(C)CCC1C(C)C. The maximum Gasteiger partial charge on any atom is 0.109 e. The van der Waals surface area contributed by atoms with Crippen LogP contribution in [0.25, 0.3) is 0 Å².